The van der Waals surface area contributed by atoms with Crippen LogP contribution < -0.4 is 0 Å². The van der Waals surface area contributed by atoms with Crippen LogP contribution in [0.4, 0.5) is 0 Å². The van der Waals surface area contributed by atoms with Crippen LogP contribution in [-0.2, 0) is 9.53 Å². The lowest BCUT2D eigenvalue weighted by atomic mass is 9.92. The highest BCUT2D eigenvalue weighted by molar-refractivity contribution is 6.00. The van der Waals surface area contributed by atoms with Crippen molar-refractivity contribution in [3.8, 4) is 6.07 Å². The second-order valence-corrected chi connectivity index (χ2v) is 6.21. The van der Waals surface area contributed by atoms with E-state index in [1.807, 2.05) is 0 Å². The molecule has 5 nitrogen and oxygen atoms in total. The third-order valence-corrected chi connectivity index (χ3v) is 3.12. The van der Waals surface area contributed by atoms with Gasteiger partial charge in [0.2, 0.25) is 0 Å². The van der Waals surface area contributed by atoms with Gasteiger partial charge in [-0.15, -0.1) is 0 Å². The van der Waals surface area contributed by atoms with Gasteiger partial charge in [-0.1, -0.05) is 27.4 Å². The molecule has 1 amide bonds. The van der Waals surface area contributed by atoms with Gasteiger partial charge in [0, 0.05) is 6.54 Å². The van der Waals surface area contributed by atoms with Crippen LogP contribution in [0.1, 0.15) is 34.1 Å². The smallest absolute Gasteiger partial charge is 0.268 e. The second kappa shape index (κ2) is 6.00. The van der Waals surface area contributed by atoms with E-state index in [1.165, 1.54) is 4.90 Å². The number of nitrogens with zero attached hydrogens (tertiary/aromatic N) is 2. The number of nitriles is 1. The van der Waals surface area contributed by atoms with Gasteiger partial charge in [-0.3, -0.25) is 4.79 Å². The quantitative estimate of drug-likeness (QED) is 0.784. The molecule has 0 aromatic rings. The fraction of sp³-hybridized carbons (Fsp3) is 0.600. The molecule has 0 saturated heterocycles. The zero-order valence-corrected chi connectivity index (χ0v) is 12.6. The first kappa shape index (κ1) is 16.1. The van der Waals surface area contributed by atoms with Crippen molar-refractivity contribution in [2.75, 3.05) is 13.2 Å². The Labute approximate surface area is 120 Å². The monoisotopic (exact) mass is 278 g/mol. The summed E-state index contributed by atoms with van der Waals surface area (Å²) in [6.45, 7) is 12.1. The predicted octanol–water partition coefficient (Wildman–Crippen LogP) is 2.52. The molecule has 0 spiro atoms. The molecule has 0 bridgehead atoms. The number of carbonyl (C=O) groups is 1. The Bertz CT molecular complexity index is 480. The van der Waals surface area contributed by atoms with Crippen LogP contribution in [-0.4, -0.2) is 35.1 Å². The van der Waals surface area contributed by atoms with Gasteiger partial charge in [0.15, 0.2) is 5.57 Å². The van der Waals surface area contributed by atoms with Gasteiger partial charge in [0.25, 0.3) is 5.91 Å². The highest BCUT2D eigenvalue weighted by Crippen LogP contribution is 2.27. The van der Waals surface area contributed by atoms with Gasteiger partial charge in [-0.05, 0) is 18.8 Å². The highest BCUT2D eigenvalue weighted by Gasteiger charge is 2.40. The molecule has 1 N–H and O–H groups in total. The zero-order valence-electron chi connectivity index (χ0n) is 12.6. The number of allylic oxidation sites excluding steroid dienone is 1. The van der Waals surface area contributed by atoms with Crippen molar-refractivity contribution in [3.05, 3.63) is 23.7 Å². The summed E-state index contributed by atoms with van der Waals surface area (Å²) in [5.74, 6) is -0.122. The minimum Gasteiger partial charge on any atom is -0.508 e. The van der Waals surface area contributed by atoms with Crippen molar-refractivity contribution in [2.45, 2.75) is 40.2 Å². The van der Waals surface area contributed by atoms with E-state index in [4.69, 9.17) is 10.00 Å². The molecule has 0 unspecified atom stereocenters. The largest absolute Gasteiger partial charge is 0.508 e. The molecule has 5 heteroatoms. The zero-order chi connectivity index (χ0) is 15.5. The van der Waals surface area contributed by atoms with Gasteiger partial charge in [-0.2, -0.15) is 5.26 Å². The number of rotatable bonds is 5. The maximum Gasteiger partial charge on any atom is 0.268 e. The van der Waals surface area contributed by atoms with Crippen LogP contribution in [0.5, 0.6) is 0 Å². The van der Waals surface area contributed by atoms with Crippen molar-refractivity contribution in [2.24, 2.45) is 5.41 Å². The van der Waals surface area contributed by atoms with Gasteiger partial charge in [0.1, 0.15) is 24.5 Å². The molecule has 20 heavy (non-hydrogen) atoms. The summed E-state index contributed by atoms with van der Waals surface area (Å²) in [7, 11) is 0. The Kier molecular flexibility index (Phi) is 4.83. The molecule has 0 aromatic carbocycles. The lowest BCUT2D eigenvalue weighted by molar-refractivity contribution is -0.127. The first-order valence-electron chi connectivity index (χ1n) is 6.60. The maximum atomic E-state index is 12.1. The molecule has 0 aliphatic carbocycles. The summed E-state index contributed by atoms with van der Waals surface area (Å²) in [6, 6.07) is 1.17. The Morgan fingerprint density at radius 1 is 1.55 bits per heavy atom. The molecule has 0 saturated carbocycles. The van der Waals surface area contributed by atoms with E-state index in [0.717, 1.165) is 6.42 Å². The van der Waals surface area contributed by atoms with Crippen LogP contribution >= 0.6 is 0 Å². The summed E-state index contributed by atoms with van der Waals surface area (Å²) in [4.78, 5) is 13.6. The molecule has 0 radical (unpaired) electrons. The van der Waals surface area contributed by atoms with Crippen molar-refractivity contribution >= 4 is 5.91 Å². The van der Waals surface area contributed by atoms with Crippen molar-refractivity contribution in [3.63, 3.8) is 0 Å². The fourth-order valence-corrected chi connectivity index (χ4v) is 1.92. The van der Waals surface area contributed by atoms with Gasteiger partial charge >= 0.3 is 0 Å². The molecule has 1 aliphatic heterocycles. The lowest BCUT2D eigenvalue weighted by Gasteiger charge is -2.28. The maximum absolute atomic E-state index is 12.1. The van der Waals surface area contributed by atoms with Gasteiger partial charge < -0.3 is 14.7 Å². The number of aliphatic hydroxyl groups is 1. The van der Waals surface area contributed by atoms with Crippen LogP contribution in [0.15, 0.2) is 23.7 Å². The fourth-order valence-electron chi connectivity index (χ4n) is 1.92. The molecule has 0 fully saturated rings. The summed E-state index contributed by atoms with van der Waals surface area (Å²) < 4.78 is 5.31. The summed E-state index contributed by atoms with van der Waals surface area (Å²) in [5, 5.41) is 19.0. The molecule has 1 aliphatic rings. The van der Waals surface area contributed by atoms with E-state index < -0.39 is 11.9 Å². The molecule has 1 heterocycles. The number of aliphatic hydroxyl groups excluding tert-OH is 1. The summed E-state index contributed by atoms with van der Waals surface area (Å²) >= 11 is 0. The molecule has 0 aromatic heterocycles. The molecule has 1 rings (SSSR count). The summed E-state index contributed by atoms with van der Waals surface area (Å²) in [6.07, 6.45) is 0.772. The standard InChI is InChI=1S/C15H22N2O3/c1-10(2)20-9-12-13(18)11(8-16)14(19)17(12)7-6-15(3,4)5/h12,18H,1,6-7,9H2,2-5H3/t12-/m0/s1. The van der Waals surface area contributed by atoms with Crippen LogP contribution in [0.3, 0.4) is 0 Å². The number of amides is 1. The first-order valence-corrected chi connectivity index (χ1v) is 6.60. The van der Waals surface area contributed by atoms with E-state index in [9.17, 15) is 9.90 Å². The van der Waals surface area contributed by atoms with Crippen LogP contribution in [0.25, 0.3) is 0 Å². The molecular formula is C15H22N2O3. The van der Waals surface area contributed by atoms with Crippen molar-refractivity contribution in [1.82, 2.24) is 4.90 Å². The topological polar surface area (TPSA) is 73.6 Å². The summed E-state index contributed by atoms with van der Waals surface area (Å²) in [5.41, 5.74) is -0.125. The Hall–Kier alpha value is -1.96. The first-order chi connectivity index (χ1) is 9.17. The number of ether oxygens (including phenoxy) is 1. The third kappa shape index (κ3) is 3.77. The van der Waals surface area contributed by atoms with E-state index in [1.54, 1.807) is 13.0 Å². The Balaban J connectivity index is 2.88. The number of carbonyl (C=O) groups excluding carboxylic acids is 1. The van der Waals surface area contributed by atoms with Crippen molar-refractivity contribution < 1.29 is 14.6 Å². The van der Waals surface area contributed by atoms with Gasteiger partial charge in [0.05, 0.1) is 5.76 Å². The normalized spacial score (nSPS) is 19.2. The third-order valence-electron chi connectivity index (χ3n) is 3.12. The van der Waals surface area contributed by atoms with E-state index >= 15 is 0 Å². The van der Waals surface area contributed by atoms with Crippen LogP contribution in [0, 0.1) is 16.7 Å². The van der Waals surface area contributed by atoms with Crippen molar-refractivity contribution in [1.29, 1.82) is 5.26 Å². The molecule has 110 valence electrons. The number of hydrogen-bond donors (Lipinski definition) is 1. The van der Waals surface area contributed by atoms with Crippen LogP contribution in [0.2, 0.25) is 0 Å². The van der Waals surface area contributed by atoms with Gasteiger partial charge in [-0.25, -0.2) is 0 Å². The molecular weight excluding hydrogens is 256 g/mol. The Morgan fingerprint density at radius 3 is 2.60 bits per heavy atom. The lowest BCUT2D eigenvalue weighted by Crippen LogP contribution is -2.40. The SMILES string of the molecule is C=C(C)OC[C@H]1C(O)=C(C#N)C(=O)N1CCC(C)(C)C. The predicted molar refractivity (Wildman–Crippen MR) is 75.6 cm³/mol. The average molecular weight is 278 g/mol. The minimum atomic E-state index is -0.601. The van der Waals surface area contributed by atoms with E-state index in [2.05, 4.69) is 27.4 Å². The highest BCUT2D eigenvalue weighted by atomic mass is 16.5. The average Bonchev–Trinajstić information content (AvgIpc) is 2.54. The molecule has 1 atom stereocenters. The van der Waals surface area contributed by atoms with E-state index in [-0.39, 0.29) is 23.4 Å². The minimum absolute atomic E-state index is 0.0606. The van der Waals surface area contributed by atoms with E-state index in [0.29, 0.717) is 12.3 Å². The second-order valence-electron chi connectivity index (χ2n) is 6.21. The Morgan fingerprint density at radius 2 is 2.15 bits per heavy atom. The number of hydrogen-bond acceptors (Lipinski definition) is 4.